The van der Waals surface area contributed by atoms with Gasteiger partial charge in [-0.3, -0.25) is 0 Å². The monoisotopic (exact) mass is 282 g/mol. The third-order valence-corrected chi connectivity index (χ3v) is 6.69. The Bertz CT molecular complexity index is 194. The van der Waals surface area contributed by atoms with Crippen LogP contribution in [0.3, 0.4) is 0 Å². The van der Waals surface area contributed by atoms with Crippen molar-refractivity contribution in [3.63, 3.8) is 0 Å². The van der Waals surface area contributed by atoms with Crippen LogP contribution in [0.1, 0.15) is 110 Å². The van der Waals surface area contributed by atoms with Gasteiger partial charge >= 0.3 is 0 Å². The van der Waals surface area contributed by atoms with Gasteiger partial charge in [-0.1, -0.05) is 110 Å². The molecule has 0 nitrogen and oxygen atoms in total. The van der Waals surface area contributed by atoms with Crippen molar-refractivity contribution < 1.29 is 0 Å². The molecule has 0 unspecified atom stereocenters. The van der Waals surface area contributed by atoms with Gasteiger partial charge in [0.2, 0.25) is 0 Å². The molecule has 0 N–H and O–H groups in total. The molecule has 1 rings (SSSR count). The molecule has 0 saturated heterocycles. The smallest absolute Gasteiger partial charge is 0.0106 e. The van der Waals surface area contributed by atoms with E-state index in [0.29, 0.717) is 0 Å². The molecule has 0 spiro atoms. The van der Waals surface area contributed by atoms with Crippen LogP contribution in [0.5, 0.6) is 0 Å². The first-order valence-corrected chi connectivity index (χ1v) is 10.3. The topological polar surface area (TPSA) is 0 Å². The van der Waals surface area contributed by atoms with Crippen molar-refractivity contribution in [2.75, 3.05) is 0 Å². The summed E-state index contributed by atoms with van der Waals surface area (Å²) in [7, 11) is 1.45. The predicted octanol–water partition coefficient (Wildman–Crippen LogP) is 5.79. The number of hydrogen-bond donors (Lipinski definition) is 0. The highest BCUT2D eigenvalue weighted by atomic mass is 28.1. The number of unbranched alkanes of at least 4 members (excludes halogenated alkanes) is 9. The van der Waals surface area contributed by atoms with Gasteiger partial charge < -0.3 is 0 Å². The van der Waals surface area contributed by atoms with E-state index in [1.165, 1.54) is 93.7 Å². The summed E-state index contributed by atoms with van der Waals surface area (Å²) in [4.78, 5) is 0. The molecule has 0 aromatic carbocycles. The lowest BCUT2D eigenvalue weighted by molar-refractivity contribution is 0.347. The van der Waals surface area contributed by atoms with Crippen LogP contribution in [0.15, 0.2) is 0 Å². The Labute approximate surface area is 125 Å². The highest BCUT2D eigenvalue weighted by Crippen LogP contribution is 2.44. The molecule has 1 heteroatoms. The van der Waals surface area contributed by atoms with Gasteiger partial charge in [-0.2, -0.15) is 0 Å². The molecule has 1 saturated carbocycles. The lowest BCUT2D eigenvalue weighted by Crippen LogP contribution is -2.16. The van der Waals surface area contributed by atoms with Crippen LogP contribution < -0.4 is 0 Å². The van der Waals surface area contributed by atoms with E-state index in [1.807, 2.05) is 0 Å². The van der Waals surface area contributed by atoms with E-state index >= 15 is 0 Å². The van der Waals surface area contributed by atoms with E-state index in [2.05, 4.69) is 6.92 Å². The Hall–Kier alpha value is 0.217. The van der Waals surface area contributed by atoms with Crippen LogP contribution in [0.25, 0.3) is 0 Å². The minimum atomic E-state index is 0.860. The van der Waals surface area contributed by atoms with Crippen molar-refractivity contribution in [3.8, 4) is 0 Å². The van der Waals surface area contributed by atoms with Gasteiger partial charge in [-0.15, -0.1) is 0 Å². The molecule has 0 bridgehead atoms. The van der Waals surface area contributed by atoms with Crippen molar-refractivity contribution in [2.45, 2.75) is 115 Å². The van der Waals surface area contributed by atoms with Gasteiger partial charge in [-0.05, 0) is 5.04 Å². The maximum absolute atomic E-state index is 2.30. The first kappa shape index (κ1) is 17.3. The van der Waals surface area contributed by atoms with E-state index in [9.17, 15) is 0 Å². The summed E-state index contributed by atoms with van der Waals surface area (Å²) in [5.74, 6) is 0. The van der Waals surface area contributed by atoms with Gasteiger partial charge in [-0.25, -0.2) is 0 Å². The van der Waals surface area contributed by atoms with Crippen LogP contribution in [-0.4, -0.2) is 10.2 Å². The zero-order valence-electron chi connectivity index (χ0n) is 13.8. The quantitative estimate of drug-likeness (QED) is 0.332. The standard InChI is InChI=1S/C18H38Si/c1-2-3-4-5-6-7-8-9-10-12-15-18(19)16-13-11-14-17-18/h2-17H2,1,19H3. The van der Waals surface area contributed by atoms with Gasteiger partial charge in [0.1, 0.15) is 0 Å². The molecule has 0 aromatic heterocycles. The summed E-state index contributed by atoms with van der Waals surface area (Å²) in [5, 5.41) is 0.860. The molecule has 0 atom stereocenters. The molecule has 0 heterocycles. The first-order valence-electron chi connectivity index (χ1n) is 9.27. The summed E-state index contributed by atoms with van der Waals surface area (Å²) >= 11 is 0. The molecular formula is C18H38Si. The summed E-state index contributed by atoms with van der Waals surface area (Å²) < 4.78 is 0. The third-order valence-electron chi connectivity index (χ3n) is 5.19. The molecule has 19 heavy (non-hydrogen) atoms. The first-order chi connectivity index (χ1) is 9.27. The van der Waals surface area contributed by atoms with Crippen molar-refractivity contribution in [2.24, 2.45) is 0 Å². The van der Waals surface area contributed by atoms with Crippen molar-refractivity contribution >= 4 is 10.2 Å². The summed E-state index contributed by atoms with van der Waals surface area (Å²) in [6, 6.07) is 0. The summed E-state index contributed by atoms with van der Waals surface area (Å²) in [6.45, 7) is 2.30. The summed E-state index contributed by atoms with van der Waals surface area (Å²) in [6.07, 6.45) is 24.1. The molecule has 1 fully saturated rings. The van der Waals surface area contributed by atoms with E-state index in [-0.39, 0.29) is 0 Å². The van der Waals surface area contributed by atoms with E-state index in [4.69, 9.17) is 0 Å². The van der Waals surface area contributed by atoms with E-state index in [0.717, 1.165) is 5.04 Å². The van der Waals surface area contributed by atoms with Crippen LogP contribution >= 0.6 is 0 Å². The molecule has 1 aliphatic carbocycles. The average molecular weight is 283 g/mol. The van der Waals surface area contributed by atoms with Crippen LogP contribution in [0.4, 0.5) is 0 Å². The van der Waals surface area contributed by atoms with Gasteiger partial charge in [0.05, 0.1) is 0 Å². The van der Waals surface area contributed by atoms with Crippen molar-refractivity contribution in [1.82, 2.24) is 0 Å². The molecule has 1 aliphatic rings. The maximum atomic E-state index is 2.30. The highest BCUT2D eigenvalue weighted by molar-refractivity contribution is 6.15. The molecular weight excluding hydrogens is 244 g/mol. The van der Waals surface area contributed by atoms with Crippen LogP contribution in [0.2, 0.25) is 5.04 Å². The van der Waals surface area contributed by atoms with Gasteiger partial charge in [0.25, 0.3) is 0 Å². The Balaban J connectivity index is 1.83. The van der Waals surface area contributed by atoms with E-state index in [1.54, 1.807) is 19.3 Å². The molecule has 0 aromatic rings. The van der Waals surface area contributed by atoms with E-state index < -0.39 is 0 Å². The zero-order valence-corrected chi connectivity index (χ0v) is 15.8. The molecule has 114 valence electrons. The Morgan fingerprint density at radius 3 is 1.68 bits per heavy atom. The maximum Gasteiger partial charge on any atom is 0.0106 e. The third kappa shape index (κ3) is 8.89. The lowest BCUT2D eigenvalue weighted by Gasteiger charge is -2.33. The van der Waals surface area contributed by atoms with Crippen LogP contribution in [-0.2, 0) is 0 Å². The van der Waals surface area contributed by atoms with Crippen molar-refractivity contribution in [3.05, 3.63) is 0 Å². The van der Waals surface area contributed by atoms with Crippen LogP contribution in [0, 0.1) is 0 Å². The SMILES string of the molecule is CCCCCCCCCCCCC1([SiH3])CCCCC1. The molecule has 0 aliphatic heterocycles. The fourth-order valence-electron chi connectivity index (χ4n) is 3.69. The Morgan fingerprint density at radius 2 is 1.16 bits per heavy atom. The fourth-order valence-corrected chi connectivity index (χ4v) is 4.76. The Kier molecular flexibility index (Phi) is 9.94. The molecule has 0 radical (unpaired) electrons. The van der Waals surface area contributed by atoms with Gasteiger partial charge in [0, 0.05) is 10.2 Å². The second-order valence-electron chi connectivity index (χ2n) is 7.30. The minimum Gasteiger partial charge on any atom is -0.0654 e. The second-order valence-corrected chi connectivity index (χ2v) is 9.42. The van der Waals surface area contributed by atoms with Gasteiger partial charge in [0.15, 0.2) is 0 Å². The van der Waals surface area contributed by atoms with Crippen molar-refractivity contribution in [1.29, 1.82) is 0 Å². The second kappa shape index (κ2) is 10.9. The fraction of sp³-hybridized carbons (Fsp3) is 1.00. The predicted molar refractivity (Wildman–Crippen MR) is 92.2 cm³/mol. The summed E-state index contributed by atoms with van der Waals surface area (Å²) in [5.41, 5.74) is 0. The largest absolute Gasteiger partial charge is 0.0654 e. The minimum absolute atomic E-state index is 0.860. The zero-order chi connectivity index (χ0) is 13.8. The average Bonchev–Trinajstić information content (AvgIpc) is 2.42. The number of rotatable bonds is 11. The normalized spacial score (nSPS) is 18.8. The Morgan fingerprint density at radius 1 is 0.684 bits per heavy atom. The molecule has 0 amide bonds. The lowest BCUT2D eigenvalue weighted by atomic mass is 9.84. The number of hydrogen-bond acceptors (Lipinski definition) is 0. The highest BCUT2D eigenvalue weighted by Gasteiger charge is 2.25.